The molecule has 0 fully saturated rings. The van der Waals surface area contributed by atoms with E-state index in [1.807, 2.05) is 0 Å². The predicted molar refractivity (Wildman–Crippen MR) is 78.5 cm³/mol. The molecule has 5 nitrogen and oxygen atoms in total. The maximum atomic E-state index is 12.8. The van der Waals surface area contributed by atoms with Crippen molar-refractivity contribution in [1.82, 2.24) is 10.9 Å². The summed E-state index contributed by atoms with van der Waals surface area (Å²) in [5, 5.41) is 0. The van der Waals surface area contributed by atoms with Crippen LogP contribution in [0, 0.1) is 5.82 Å². The summed E-state index contributed by atoms with van der Waals surface area (Å²) in [6, 6.07) is 11.8. The molecule has 0 aliphatic carbocycles. The monoisotopic (exact) mass is 302 g/mol. The second-order valence-corrected chi connectivity index (χ2v) is 4.55. The van der Waals surface area contributed by atoms with E-state index in [-0.39, 0.29) is 5.56 Å². The summed E-state index contributed by atoms with van der Waals surface area (Å²) in [6.07, 6.45) is 0. The van der Waals surface area contributed by atoms with Crippen molar-refractivity contribution in [2.75, 3.05) is 7.11 Å². The Morgan fingerprint density at radius 1 is 0.909 bits per heavy atom. The summed E-state index contributed by atoms with van der Waals surface area (Å²) in [5.41, 5.74) is 6.16. The standard InChI is InChI=1S/C16H15FN2O3/c1-22-10-11-2-4-12(5-3-11)15(20)18-19-16(21)13-6-8-14(17)9-7-13/h2-9H,10H2,1H3,(H,18,20)(H,19,21). The van der Waals surface area contributed by atoms with Crippen molar-refractivity contribution in [3.8, 4) is 0 Å². The highest BCUT2D eigenvalue weighted by molar-refractivity contribution is 5.99. The lowest BCUT2D eigenvalue weighted by atomic mass is 10.1. The van der Waals surface area contributed by atoms with Crippen LogP contribution in [0.5, 0.6) is 0 Å². The lowest BCUT2D eigenvalue weighted by Crippen LogP contribution is -2.41. The molecule has 6 heteroatoms. The third-order valence-electron chi connectivity index (χ3n) is 2.92. The molecule has 0 atom stereocenters. The molecule has 22 heavy (non-hydrogen) atoms. The number of carbonyl (C=O) groups excluding carboxylic acids is 2. The molecule has 2 amide bonds. The Balaban J connectivity index is 1.91. The number of carbonyl (C=O) groups is 2. The molecule has 2 rings (SSSR count). The highest BCUT2D eigenvalue weighted by Gasteiger charge is 2.09. The summed E-state index contributed by atoms with van der Waals surface area (Å²) < 4.78 is 17.7. The highest BCUT2D eigenvalue weighted by atomic mass is 19.1. The Bertz CT molecular complexity index is 654. The summed E-state index contributed by atoms with van der Waals surface area (Å²) in [6.45, 7) is 0.462. The zero-order valence-electron chi connectivity index (χ0n) is 11.9. The van der Waals surface area contributed by atoms with Crippen molar-refractivity contribution in [2.24, 2.45) is 0 Å². The average molecular weight is 302 g/mol. The van der Waals surface area contributed by atoms with Crippen LogP contribution in [-0.2, 0) is 11.3 Å². The average Bonchev–Trinajstić information content (AvgIpc) is 2.54. The molecule has 0 bridgehead atoms. The Kier molecular flexibility index (Phi) is 5.21. The van der Waals surface area contributed by atoms with Crippen LogP contribution in [0.4, 0.5) is 4.39 Å². The number of ether oxygens (including phenoxy) is 1. The minimum atomic E-state index is -0.524. The van der Waals surface area contributed by atoms with Crippen molar-refractivity contribution in [2.45, 2.75) is 6.61 Å². The summed E-state index contributed by atoms with van der Waals surface area (Å²) in [5.74, 6) is -1.40. The lowest BCUT2D eigenvalue weighted by Gasteiger charge is -2.08. The van der Waals surface area contributed by atoms with Gasteiger partial charge in [0.2, 0.25) is 0 Å². The van der Waals surface area contributed by atoms with Crippen molar-refractivity contribution in [3.63, 3.8) is 0 Å². The summed E-state index contributed by atoms with van der Waals surface area (Å²) in [7, 11) is 1.59. The first-order chi connectivity index (χ1) is 10.6. The molecule has 0 radical (unpaired) electrons. The van der Waals surface area contributed by atoms with Crippen LogP contribution in [-0.4, -0.2) is 18.9 Å². The Hall–Kier alpha value is -2.73. The Morgan fingerprint density at radius 3 is 1.82 bits per heavy atom. The summed E-state index contributed by atoms with van der Waals surface area (Å²) in [4.78, 5) is 23.7. The van der Waals surface area contributed by atoms with Crippen LogP contribution in [0.3, 0.4) is 0 Å². The third kappa shape index (κ3) is 4.13. The zero-order valence-corrected chi connectivity index (χ0v) is 11.9. The van der Waals surface area contributed by atoms with Gasteiger partial charge in [0, 0.05) is 18.2 Å². The maximum Gasteiger partial charge on any atom is 0.269 e. The fourth-order valence-electron chi connectivity index (χ4n) is 1.78. The van der Waals surface area contributed by atoms with E-state index in [1.165, 1.54) is 24.3 Å². The van der Waals surface area contributed by atoms with Crippen LogP contribution < -0.4 is 10.9 Å². The first kappa shape index (κ1) is 15.7. The Labute approximate surface area is 127 Å². The van der Waals surface area contributed by atoms with Gasteiger partial charge in [0.05, 0.1) is 6.61 Å². The third-order valence-corrected chi connectivity index (χ3v) is 2.92. The predicted octanol–water partition coefficient (Wildman–Crippen LogP) is 2.05. The molecule has 0 saturated carbocycles. The van der Waals surface area contributed by atoms with Crippen molar-refractivity contribution in [3.05, 3.63) is 71.0 Å². The van der Waals surface area contributed by atoms with Crippen molar-refractivity contribution in [1.29, 1.82) is 0 Å². The van der Waals surface area contributed by atoms with Gasteiger partial charge in [-0.25, -0.2) is 4.39 Å². The van der Waals surface area contributed by atoms with Gasteiger partial charge >= 0.3 is 0 Å². The fourth-order valence-corrected chi connectivity index (χ4v) is 1.78. The van der Waals surface area contributed by atoms with Crippen LogP contribution in [0.25, 0.3) is 0 Å². The molecule has 0 aromatic heterocycles. The van der Waals surface area contributed by atoms with E-state index >= 15 is 0 Å². The molecule has 2 aromatic rings. The Morgan fingerprint density at radius 2 is 1.36 bits per heavy atom. The first-order valence-corrected chi connectivity index (χ1v) is 6.54. The number of nitrogens with one attached hydrogen (secondary N) is 2. The SMILES string of the molecule is COCc1ccc(C(=O)NNC(=O)c2ccc(F)cc2)cc1. The number of hydrogen-bond donors (Lipinski definition) is 2. The van der Waals surface area contributed by atoms with Gasteiger partial charge in [-0.15, -0.1) is 0 Å². The number of hydrazine groups is 1. The molecular weight excluding hydrogens is 287 g/mol. The number of halogens is 1. The highest BCUT2D eigenvalue weighted by Crippen LogP contribution is 2.05. The van der Waals surface area contributed by atoms with Gasteiger partial charge in [-0.3, -0.25) is 20.4 Å². The van der Waals surface area contributed by atoms with E-state index in [2.05, 4.69) is 10.9 Å². The van der Waals surface area contributed by atoms with Gasteiger partial charge in [-0.2, -0.15) is 0 Å². The van der Waals surface area contributed by atoms with E-state index in [9.17, 15) is 14.0 Å². The van der Waals surface area contributed by atoms with E-state index in [4.69, 9.17) is 4.74 Å². The van der Waals surface area contributed by atoms with E-state index < -0.39 is 17.6 Å². The first-order valence-electron chi connectivity index (χ1n) is 6.54. The molecule has 0 aliphatic heterocycles. The molecular formula is C16H15FN2O3. The minimum absolute atomic E-state index is 0.247. The van der Waals surface area contributed by atoms with E-state index in [0.29, 0.717) is 12.2 Å². The quantitative estimate of drug-likeness (QED) is 0.849. The molecule has 2 N–H and O–H groups in total. The van der Waals surface area contributed by atoms with Crippen LogP contribution in [0.15, 0.2) is 48.5 Å². The number of methoxy groups -OCH3 is 1. The van der Waals surface area contributed by atoms with Gasteiger partial charge in [-0.05, 0) is 42.0 Å². The van der Waals surface area contributed by atoms with Gasteiger partial charge < -0.3 is 4.74 Å². The van der Waals surface area contributed by atoms with Gasteiger partial charge in [0.1, 0.15) is 5.82 Å². The second-order valence-electron chi connectivity index (χ2n) is 4.55. The van der Waals surface area contributed by atoms with Crippen molar-refractivity contribution < 1.29 is 18.7 Å². The topological polar surface area (TPSA) is 67.4 Å². The van der Waals surface area contributed by atoms with Gasteiger partial charge in [0.15, 0.2) is 0 Å². The molecule has 0 saturated heterocycles. The number of amides is 2. The van der Waals surface area contributed by atoms with E-state index in [0.717, 1.165) is 5.56 Å². The maximum absolute atomic E-state index is 12.8. The lowest BCUT2D eigenvalue weighted by molar-refractivity contribution is 0.0846. The summed E-state index contributed by atoms with van der Waals surface area (Å²) >= 11 is 0. The molecule has 0 spiro atoms. The van der Waals surface area contributed by atoms with Crippen LogP contribution >= 0.6 is 0 Å². The number of benzene rings is 2. The van der Waals surface area contributed by atoms with Crippen LogP contribution in [0.1, 0.15) is 26.3 Å². The second kappa shape index (κ2) is 7.33. The van der Waals surface area contributed by atoms with E-state index in [1.54, 1.807) is 31.4 Å². The molecule has 0 aliphatic rings. The smallest absolute Gasteiger partial charge is 0.269 e. The normalized spacial score (nSPS) is 10.1. The number of rotatable bonds is 4. The number of hydrogen-bond acceptors (Lipinski definition) is 3. The van der Waals surface area contributed by atoms with Crippen LogP contribution in [0.2, 0.25) is 0 Å². The zero-order chi connectivity index (χ0) is 15.9. The van der Waals surface area contributed by atoms with Gasteiger partial charge in [0.25, 0.3) is 11.8 Å². The largest absolute Gasteiger partial charge is 0.380 e. The fraction of sp³-hybridized carbons (Fsp3) is 0.125. The van der Waals surface area contributed by atoms with Gasteiger partial charge in [-0.1, -0.05) is 12.1 Å². The minimum Gasteiger partial charge on any atom is -0.380 e. The molecule has 114 valence electrons. The molecule has 0 unspecified atom stereocenters. The molecule has 0 heterocycles. The molecule has 2 aromatic carbocycles. The van der Waals surface area contributed by atoms with Crippen molar-refractivity contribution >= 4 is 11.8 Å².